The molecule has 1 atom stereocenters. The number of esters is 1. The number of rotatable bonds is 4. The molecule has 0 radical (unpaired) electrons. The standard InChI is InChI=1S/C14H16O5/c1-8-5-10(19-14(8)15)9-6-11(16-2)13(18-4)12(7-9)17-3/h6-7,10H,1,5H2,2-4H3/t10-/m0/s1. The first-order chi connectivity index (χ1) is 9.10. The van der Waals surface area contributed by atoms with Gasteiger partial charge in [0.2, 0.25) is 5.75 Å². The van der Waals surface area contributed by atoms with Crippen LogP contribution in [0.15, 0.2) is 24.3 Å². The quantitative estimate of drug-likeness (QED) is 0.616. The van der Waals surface area contributed by atoms with Gasteiger partial charge in [-0.25, -0.2) is 4.79 Å². The van der Waals surface area contributed by atoms with Gasteiger partial charge >= 0.3 is 5.97 Å². The normalized spacial score (nSPS) is 18.2. The van der Waals surface area contributed by atoms with Gasteiger partial charge in [-0.2, -0.15) is 0 Å². The van der Waals surface area contributed by atoms with E-state index in [9.17, 15) is 4.79 Å². The van der Waals surface area contributed by atoms with Crippen molar-refractivity contribution in [1.29, 1.82) is 0 Å². The summed E-state index contributed by atoms with van der Waals surface area (Å²) in [5.41, 5.74) is 1.26. The third kappa shape index (κ3) is 2.36. The Morgan fingerprint density at radius 2 is 1.74 bits per heavy atom. The molecule has 1 aromatic rings. The number of hydrogen-bond donors (Lipinski definition) is 0. The lowest BCUT2D eigenvalue weighted by Gasteiger charge is -2.16. The molecule has 1 aromatic carbocycles. The maximum absolute atomic E-state index is 11.4. The van der Waals surface area contributed by atoms with E-state index in [0.29, 0.717) is 29.2 Å². The second kappa shape index (κ2) is 5.22. The van der Waals surface area contributed by atoms with E-state index in [1.165, 1.54) is 7.11 Å². The van der Waals surface area contributed by atoms with Crippen LogP contribution in [0.1, 0.15) is 18.1 Å². The van der Waals surface area contributed by atoms with Gasteiger partial charge in [0.1, 0.15) is 6.10 Å². The third-order valence-electron chi connectivity index (χ3n) is 3.03. The lowest BCUT2D eigenvalue weighted by Crippen LogP contribution is -2.02. The molecule has 1 saturated heterocycles. The number of benzene rings is 1. The first-order valence-corrected chi connectivity index (χ1v) is 5.79. The molecule has 5 heteroatoms. The summed E-state index contributed by atoms with van der Waals surface area (Å²) in [7, 11) is 4.62. The molecule has 1 fully saturated rings. The summed E-state index contributed by atoms with van der Waals surface area (Å²) in [6, 6.07) is 3.55. The first kappa shape index (κ1) is 13.3. The molecule has 19 heavy (non-hydrogen) atoms. The molecule has 0 saturated carbocycles. The lowest BCUT2D eigenvalue weighted by molar-refractivity contribution is -0.139. The van der Waals surface area contributed by atoms with Gasteiger partial charge in [0.25, 0.3) is 0 Å². The number of carbonyl (C=O) groups is 1. The summed E-state index contributed by atoms with van der Waals surface area (Å²) in [6.07, 6.45) is 0.117. The van der Waals surface area contributed by atoms with E-state index < -0.39 is 0 Å². The SMILES string of the molecule is C=C1C[C@@H](c2cc(OC)c(OC)c(OC)c2)OC1=O. The number of carbonyl (C=O) groups excluding carboxylic acids is 1. The zero-order valence-corrected chi connectivity index (χ0v) is 11.2. The van der Waals surface area contributed by atoms with Crippen LogP contribution in [0.25, 0.3) is 0 Å². The van der Waals surface area contributed by atoms with Gasteiger partial charge in [-0.05, 0) is 12.1 Å². The molecule has 1 aliphatic rings. The Bertz CT molecular complexity index is 480. The monoisotopic (exact) mass is 264 g/mol. The summed E-state index contributed by atoms with van der Waals surface area (Å²) >= 11 is 0. The Morgan fingerprint density at radius 1 is 1.16 bits per heavy atom. The minimum Gasteiger partial charge on any atom is -0.493 e. The number of ether oxygens (including phenoxy) is 4. The minimum atomic E-state index is -0.362. The van der Waals surface area contributed by atoms with Crippen LogP contribution in [-0.2, 0) is 9.53 Å². The van der Waals surface area contributed by atoms with Crippen LogP contribution < -0.4 is 14.2 Å². The van der Waals surface area contributed by atoms with Crippen molar-refractivity contribution < 1.29 is 23.7 Å². The largest absolute Gasteiger partial charge is 0.493 e. The van der Waals surface area contributed by atoms with E-state index in [4.69, 9.17) is 18.9 Å². The van der Waals surface area contributed by atoms with Crippen molar-refractivity contribution in [3.05, 3.63) is 29.8 Å². The summed E-state index contributed by atoms with van der Waals surface area (Å²) in [6.45, 7) is 3.67. The number of cyclic esters (lactones) is 1. The molecule has 0 N–H and O–H groups in total. The summed E-state index contributed by atoms with van der Waals surface area (Å²) in [5, 5.41) is 0. The van der Waals surface area contributed by atoms with Crippen LogP contribution in [-0.4, -0.2) is 27.3 Å². The highest BCUT2D eigenvalue weighted by atomic mass is 16.6. The molecule has 0 amide bonds. The molecule has 0 aliphatic carbocycles. The smallest absolute Gasteiger partial charge is 0.334 e. The van der Waals surface area contributed by atoms with E-state index in [1.807, 2.05) is 0 Å². The van der Waals surface area contributed by atoms with Gasteiger partial charge in [-0.3, -0.25) is 0 Å². The van der Waals surface area contributed by atoms with Gasteiger partial charge < -0.3 is 18.9 Å². The predicted octanol–water partition coefficient (Wildman–Crippen LogP) is 2.26. The fourth-order valence-corrected chi connectivity index (χ4v) is 2.03. The van der Waals surface area contributed by atoms with Crippen molar-refractivity contribution in [3.8, 4) is 17.2 Å². The molecule has 5 nitrogen and oxygen atoms in total. The molecular weight excluding hydrogens is 248 g/mol. The van der Waals surface area contributed by atoms with E-state index in [-0.39, 0.29) is 12.1 Å². The second-order valence-electron chi connectivity index (χ2n) is 4.16. The van der Waals surface area contributed by atoms with Crippen LogP contribution in [0, 0.1) is 0 Å². The Balaban J connectivity index is 2.42. The molecule has 0 spiro atoms. The minimum absolute atomic E-state index is 0.353. The van der Waals surface area contributed by atoms with Crippen molar-refractivity contribution in [2.75, 3.05) is 21.3 Å². The molecule has 0 unspecified atom stereocenters. The average molecular weight is 264 g/mol. The van der Waals surface area contributed by atoms with Gasteiger partial charge in [-0.15, -0.1) is 0 Å². The Kier molecular flexibility index (Phi) is 3.64. The van der Waals surface area contributed by atoms with Crippen molar-refractivity contribution in [1.82, 2.24) is 0 Å². The fourth-order valence-electron chi connectivity index (χ4n) is 2.03. The number of hydrogen-bond acceptors (Lipinski definition) is 5. The Morgan fingerprint density at radius 3 is 2.11 bits per heavy atom. The molecular formula is C14H16O5. The van der Waals surface area contributed by atoms with Crippen LogP contribution in [0.5, 0.6) is 17.2 Å². The average Bonchev–Trinajstić information content (AvgIpc) is 2.76. The van der Waals surface area contributed by atoms with Gasteiger partial charge in [-0.1, -0.05) is 6.58 Å². The lowest BCUT2D eigenvalue weighted by atomic mass is 10.0. The fraction of sp³-hybridized carbons (Fsp3) is 0.357. The van der Waals surface area contributed by atoms with E-state index in [2.05, 4.69) is 6.58 Å². The van der Waals surface area contributed by atoms with E-state index >= 15 is 0 Å². The summed E-state index contributed by atoms with van der Waals surface area (Å²) < 4.78 is 21.0. The van der Waals surface area contributed by atoms with Crippen LogP contribution in [0.3, 0.4) is 0 Å². The maximum Gasteiger partial charge on any atom is 0.334 e. The second-order valence-corrected chi connectivity index (χ2v) is 4.16. The van der Waals surface area contributed by atoms with Crippen molar-refractivity contribution >= 4 is 5.97 Å². The highest BCUT2D eigenvalue weighted by molar-refractivity contribution is 5.90. The van der Waals surface area contributed by atoms with Crippen molar-refractivity contribution in [2.24, 2.45) is 0 Å². The van der Waals surface area contributed by atoms with Gasteiger partial charge in [0.05, 0.1) is 21.3 Å². The molecule has 1 heterocycles. The summed E-state index contributed by atoms with van der Waals surface area (Å²) in [4.78, 5) is 11.4. The predicted molar refractivity (Wildman–Crippen MR) is 68.7 cm³/mol. The third-order valence-corrected chi connectivity index (χ3v) is 3.03. The highest BCUT2D eigenvalue weighted by Crippen LogP contribution is 2.42. The molecule has 1 aliphatic heterocycles. The first-order valence-electron chi connectivity index (χ1n) is 5.79. The molecule has 0 aromatic heterocycles. The Hall–Kier alpha value is -2.17. The van der Waals surface area contributed by atoms with E-state index in [1.54, 1.807) is 26.4 Å². The molecule has 0 bridgehead atoms. The van der Waals surface area contributed by atoms with Crippen molar-refractivity contribution in [2.45, 2.75) is 12.5 Å². The maximum atomic E-state index is 11.4. The van der Waals surface area contributed by atoms with Gasteiger partial charge in [0, 0.05) is 17.6 Å². The molecule has 2 rings (SSSR count). The van der Waals surface area contributed by atoms with Crippen LogP contribution >= 0.6 is 0 Å². The zero-order valence-electron chi connectivity index (χ0n) is 11.2. The Labute approximate surface area is 111 Å². The topological polar surface area (TPSA) is 54.0 Å². The van der Waals surface area contributed by atoms with E-state index in [0.717, 1.165) is 5.56 Å². The van der Waals surface area contributed by atoms with Crippen LogP contribution in [0.2, 0.25) is 0 Å². The van der Waals surface area contributed by atoms with Crippen LogP contribution in [0.4, 0.5) is 0 Å². The number of methoxy groups -OCH3 is 3. The van der Waals surface area contributed by atoms with Gasteiger partial charge in [0.15, 0.2) is 11.5 Å². The highest BCUT2D eigenvalue weighted by Gasteiger charge is 2.30. The zero-order chi connectivity index (χ0) is 14.0. The summed E-state index contributed by atoms with van der Waals surface area (Å²) in [5.74, 6) is 1.21. The van der Waals surface area contributed by atoms with Crippen molar-refractivity contribution in [3.63, 3.8) is 0 Å². The molecule has 102 valence electrons.